The van der Waals surface area contributed by atoms with E-state index in [1.54, 1.807) is 0 Å². The van der Waals surface area contributed by atoms with Crippen LogP contribution in [-0.2, 0) is 12.3 Å². The van der Waals surface area contributed by atoms with E-state index in [1.165, 1.54) is 18.0 Å². The molecule has 0 saturated heterocycles. The van der Waals surface area contributed by atoms with Crippen LogP contribution in [0, 0.1) is 0 Å². The van der Waals surface area contributed by atoms with E-state index < -0.39 is 0 Å². The summed E-state index contributed by atoms with van der Waals surface area (Å²) in [4.78, 5) is 3.23. The van der Waals surface area contributed by atoms with E-state index in [-0.39, 0.29) is 0 Å². The van der Waals surface area contributed by atoms with E-state index in [9.17, 15) is 0 Å². The molecule has 3 heteroatoms. The van der Waals surface area contributed by atoms with Gasteiger partial charge in [0.2, 0.25) is 0 Å². The first-order valence-electron chi connectivity index (χ1n) is 4.52. The fourth-order valence-corrected chi connectivity index (χ4v) is 1.99. The number of hydrogen-bond acceptors (Lipinski definition) is 1. The molecule has 0 spiro atoms. The number of aryl methyl sites for hydroxylation is 1. The number of hydrogen-bond donors (Lipinski definition) is 1. The van der Waals surface area contributed by atoms with Crippen molar-refractivity contribution in [1.29, 1.82) is 0 Å². The molecular weight excluding hydrogens is 168 g/mol. The fourth-order valence-electron chi connectivity index (χ4n) is 1.13. The third-order valence-electron chi connectivity index (χ3n) is 1.76. The van der Waals surface area contributed by atoms with Crippen LogP contribution >= 0.6 is 11.8 Å². The van der Waals surface area contributed by atoms with Gasteiger partial charge in [0.05, 0.1) is 0 Å². The zero-order valence-electron chi connectivity index (χ0n) is 7.84. The molecule has 1 heterocycles. The number of thioether (sulfide) groups is 1. The van der Waals surface area contributed by atoms with Crippen molar-refractivity contribution in [3.8, 4) is 0 Å². The summed E-state index contributed by atoms with van der Waals surface area (Å²) in [6.07, 6.45) is 6.46. The van der Waals surface area contributed by atoms with E-state index in [0.29, 0.717) is 0 Å². The van der Waals surface area contributed by atoms with Gasteiger partial charge in [-0.1, -0.05) is 13.8 Å². The Labute approximate surface area is 78.4 Å². The molecule has 1 rings (SSSR count). The largest absolute Gasteiger partial charge is 0.254 e. The lowest BCUT2D eigenvalue weighted by Crippen LogP contribution is -2.34. The first-order valence-corrected chi connectivity index (χ1v) is 5.67. The van der Waals surface area contributed by atoms with Crippen molar-refractivity contribution < 1.29 is 4.57 Å². The van der Waals surface area contributed by atoms with Gasteiger partial charge in [0, 0.05) is 6.42 Å². The normalized spacial score (nSPS) is 10.5. The molecule has 2 nitrogen and oxygen atoms in total. The summed E-state index contributed by atoms with van der Waals surface area (Å²) in [7, 11) is 0. The summed E-state index contributed by atoms with van der Waals surface area (Å²) >= 11 is 1.98. The second-order valence-electron chi connectivity index (χ2n) is 2.77. The molecule has 0 bridgehead atoms. The lowest BCUT2D eigenvalue weighted by atomic mass is 10.5. The molecule has 12 heavy (non-hydrogen) atoms. The topological polar surface area (TPSA) is 19.7 Å². The molecule has 1 aromatic heterocycles. The Bertz CT molecular complexity index is 220. The average molecular weight is 185 g/mol. The minimum atomic E-state index is 1.08. The summed E-state index contributed by atoms with van der Waals surface area (Å²) in [5, 5.41) is 0. The number of H-pyrrole nitrogens is 1. The monoisotopic (exact) mass is 185 g/mol. The number of nitrogens with one attached hydrogen (secondary N) is 1. The molecule has 0 saturated carbocycles. The Kier molecular flexibility index (Phi) is 4.22. The van der Waals surface area contributed by atoms with Crippen molar-refractivity contribution in [2.75, 3.05) is 5.75 Å². The number of nitrogens with zero attached hydrogens (tertiary/aromatic N) is 1. The van der Waals surface area contributed by atoms with E-state index in [0.717, 1.165) is 12.3 Å². The Morgan fingerprint density at radius 3 is 3.00 bits per heavy atom. The van der Waals surface area contributed by atoms with Gasteiger partial charge in [-0.05, 0) is 12.2 Å². The second kappa shape index (κ2) is 5.25. The molecule has 0 unspecified atom stereocenters. The van der Waals surface area contributed by atoms with Crippen molar-refractivity contribution in [1.82, 2.24) is 4.98 Å². The molecule has 0 radical (unpaired) electrons. The van der Waals surface area contributed by atoms with Crippen molar-refractivity contribution in [2.24, 2.45) is 0 Å². The molecule has 1 N–H and O–H groups in total. The number of aromatic nitrogens is 2. The smallest absolute Gasteiger partial charge is 0.248 e. The average Bonchev–Trinajstić information content (AvgIpc) is 2.52. The van der Waals surface area contributed by atoms with Crippen LogP contribution in [0.5, 0.6) is 0 Å². The summed E-state index contributed by atoms with van der Waals surface area (Å²) in [5.41, 5.74) is 0. The molecule has 0 fully saturated rings. The van der Waals surface area contributed by atoms with Crippen LogP contribution in [0.3, 0.4) is 0 Å². The molecule has 0 aliphatic heterocycles. The fraction of sp³-hybridized carbons (Fsp3) is 0.667. The third kappa shape index (κ3) is 2.55. The van der Waals surface area contributed by atoms with E-state index in [1.807, 2.05) is 18.0 Å². The van der Waals surface area contributed by atoms with Gasteiger partial charge in [0.25, 0.3) is 5.82 Å². The van der Waals surface area contributed by atoms with Crippen LogP contribution < -0.4 is 4.57 Å². The zero-order chi connectivity index (χ0) is 8.81. The lowest BCUT2D eigenvalue weighted by molar-refractivity contribution is -0.682. The van der Waals surface area contributed by atoms with E-state index in [4.69, 9.17) is 0 Å². The zero-order valence-corrected chi connectivity index (χ0v) is 8.66. The van der Waals surface area contributed by atoms with E-state index >= 15 is 0 Å². The van der Waals surface area contributed by atoms with Crippen LogP contribution in [0.15, 0.2) is 12.4 Å². The van der Waals surface area contributed by atoms with Gasteiger partial charge in [-0.15, -0.1) is 11.8 Å². The van der Waals surface area contributed by atoms with Crippen molar-refractivity contribution in [2.45, 2.75) is 32.6 Å². The maximum absolute atomic E-state index is 3.23. The van der Waals surface area contributed by atoms with Crippen molar-refractivity contribution in [3.05, 3.63) is 18.2 Å². The number of imidazole rings is 1. The third-order valence-corrected chi connectivity index (χ3v) is 2.92. The minimum Gasteiger partial charge on any atom is -0.248 e. The van der Waals surface area contributed by atoms with Crippen LogP contribution in [0.2, 0.25) is 0 Å². The number of rotatable bonds is 5. The number of aromatic amines is 1. The molecule has 0 atom stereocenters. The highest BCUT2D eigenvalue weighted by atomic mass is 32.2. The van der Waals surface area contributed by atoms with Crippen LogP contribution in [0.1, 0.15) is 26.1 Å². The minimum absolute atomic E-state index is 1.08. The Hall–Kier alpha value is -0.440. The van der Waals surface area contributed by atoms with Gasteiger partial charge in [0.15, 0.2) is 0 Å². The quantitative estimate of drug-likeness (QED) is 0.549. The second-order valence-corrected chi connectivity index (χ2v) is 3.84. The Balaban J connectivity index is 2.39. The van der Waals surface area contributed by atoms with Gasteiger partial charge in [-0.3, -0.25) is 0 Å². The first kappa shape index (κ1) is 9.65. The summed E-state index contributed by atoms with van der Waals surface area (Å²) < 4.78 is 2.28. The summed E-state index contributed by atoms with van der Waals surface area (Å²) in [5.74, 6) is 3.65. The van der Waals surface area contributed by atoms with Crippen LogP contribution in [-0.4, -0.2) is 10.7 Å². The highest BCUT2D eigenvalue weighted by Crippen LogP contribution is 2.02. The Morgan fingerprint density at radius 1 is 1.50 bits per heavy atom. The van der Waals surface area contributed by atoms with Crippen molar-refractivity contribution in [3.63, 3.8) is 0 Å². The van der Waals surface area contributed by atoms with E-state index in [2.05, 4.69) is 29.6 Å². The highest BCUT2D eigenvalue weighted by Gasteiger charge is 2.06. The van der Waals surface area contributed by atoms with Gasteiger partial charge >= 0.3 is 0 Å². The van der Waals surface area contributed by atoms with Crippen molar-refractivity contribution >= 4 is 11.8 Å². The first-order chi connectivity index (χ1) is 5.88. The molecule has 1 aromatic rings. The SMILES string of the molecule is CCCSC[n+]1cc[nH]c1CC. The molecule has 68 valence electrons. The van der Waals surface area contributed by atoms with Crippen LogP contribution in [0.25, 0.3) is 0 Å². The Morgan fingerprint density at radius 2 is 2.33 bits per heavy atom. The molecular formula is C9H17N2S+. The molecule has 0 amide bonds. The molecule has 0 aliphatic rings. The van der Waals surface area contributed by atoms with Gasteiger partial charge in [-0.2, -0.15) is 0 Å². The maximum atomic E-state index is 3.23. The standard InChI is InChI=1S/C9H16N2S/c1-3-7-12-8-11-6-5-10-9(11)4-2/h5-6H,3-4,7-8H2,1-2H3/p+1. The summed E-state index contributed by atoms with van der Waals surface area (Å²) in [6, 6.07) is 0. The van der Waals surface area contributed by atoms with Gasteiger partial charge < -0.3 is 0 Å². The maximum Gasteiger partial charge on any atom is 0.254 e. The van der Waals surface area contributed by atoms with Gasteiger partial charge in [0.1, 0.15) is 18.3 Å². The lowest BCUT2D eigenvalue weighted by Gasteiger charge is -1.97. The van der Waals surface area contributed by atoms with Crippen LogP contribution in [0.4, 0.5) is 0 Å². The van der Waals surface area contributed by atoms with Gasteiger partial charge in [-0.25, -0.2) is 9.55 Å². The summed E-state index contributed by atoms with van der Waals surface area (Å²) in [6.45, 7) is 4.39. The highest BCUT2D eigenvalue weighted by molar-refractivity contribution is 7.98. The molecule has 0 aromatic carbocycles. The predicted octanol–water partition coefficient (Wildman–Crippen LogP) is 1.97. The predicted molar refractivity (Wildman–Crippen MR) is 53.1 cm³/mol. The molecule has 0 aliphatic carbocycles.